The number of hydrogen-bond donors (Lipinski definition) is 0. The van der Waals surface area contributed by atoms with E-state index >= 15 is 0 Å². The summed E-state index contributed by atoms with van der Waals surface area (Å²) in [7, 11) is 0. The number of hydrogen-bond acceptors (Lipinski definition) is 0. The summed E-state index contributed by atoms with van der Waals surface area (Å²) in [6.07, 6.45) is 11.2. The van der Waals surface area contributed by atoms with Crippen LogP contribution in [0.5, 0.6) is 0 Å². The Bertz CT molecular complexity index is 758. The second-order valence-electron chi connectivity index (χ2n) is 9.06. The molecule has 140 valence electrons. The SMILES string of the molecule is CCCCCCc1cc[n+]2c(c1)-c1ccccc1C(C)(C)C[C@]2(C)CC. The number of pyridine rings is 1. The van der Waals surface area contributed by atoms with Crippen molar-refractivity contribution in [2.45, 2.75) is 90.5 Å². The summed E-state index contributed by atoms with van der Waals surface area (Å²) < 4.78 is 2.57. The number of benzene rings is 1. The Morgan fingerprint density at radius 1 is 0.962 bits per heavy atom. The van der Waals surface area contributed by atoms with E-state index in [0.29, 0.717) is 0 Å². The van der Waals surface area contributed by atoms with Gasteiger partial charge >= 0.3 is 0 Å². The molecule has 1 aromatic carbocycles. The van der Waals surface area contributed by atoms with Crippen molar-refractivity contribution < 1.29 is 4.57 Å². The van der Waals surface area contributed by atoms with Gasteiger partial charge in [-0.3, -0.25) is 0 Å². The minimum absolute atomic E-state index is 0.151. The molecular formula is C25H36N+. The molecule has 0 radical (unpaired) electrons. The molecule has 1 aromatic heterocycles. The predicted molar refractivity (Wildman–Crippen MR) is 112 cm³/mol. The van der Waals surface area contributed by atoms with Gasteiger partial charge in [0.1, 0.15) is 0 Å². The molecule has 0 spiro atoms. The Hall–Kier alpha value is -1.63. The Kier molecular flexibility index (Phi) is 5.55. The molecule has 0 aliphatic carbocycles. The highest BCUT2D eigenvalue weighted by molar-refractivity contribution is 5.64. The number of unbranched alkanes of at least 4 members (excludes halogenated alkanes) is 3. The first-order chi connectivity index (χ1) is 12.4. The Morgan fingerprint density at radius 3 is 2.46 bits per heavy atom. The number of fused-ring (bicyclic) bond motifs is 3. The van der Waals surface area contributed by atoms with E-state index in [0.717, 1.165) is 6.42 Å². The third-order valence-corrected chi connectivity index (χ3v) is 6.44. The van der Waals surface area contributed by atoms with Gasteiger partial charge in [-0.25, -0.2) is 0 Å². The molecule has 1 nitrogen and oxygen atoms in total. The van der Waals surface area contributed by atoms with Crippen molar-refractivity contribution in [2.75, 3.05) is 0 Å². The third kappa shape index (κ3) is 3.59. The topological polar surface area (TPSA) is 3.88 Å². The van der Waals surface area contributed by atoms with Gasteiger partial charge in [-0.2, -0.15) is 4.57 Å². The fraction of sp³-hybridized carbons (Fsp3) is 0.560. The largest absolute Gasteiger partial charge is 0.213 e. The quantitative estimate of drug-likeness (QED) is 0.410. The molecule has 3 rings (SSSR count). The molecule has 1 aliphatic rings. The van der Waals surface area contributed by atoms with Gasteiger partial charge in [0.25, 0.3) is 0 Å². The van der Waals surface area contributed by atoms with Crippen LogP contribution in [0.15, 0.2) is 42.6 Å². The molecule has 0 amide bonds. The van der Waals surface area contributed by atoms with E-state index in [-0.39, 0.29) is 11.0 Å². The lowest BCUT2D eigenvalue weighted by molar-refractivity contribution is -0.753. The van der Waals surface area contributed by atoms with Crippen LogP contribution in [-0.4, -0.2) is 0 Å². The van der Waals surface area contributed by atoms with Crippen LogP contribution in [0.25, 0.3) is 11.3 Å². The van der Waals surface area contributed by atoms with Crippen molar-refractivity contribution in [1.29, 1.82) is 0 Å². The zero-order valence-corrected chi connectivity index (χ0v) is 17.4. The van der Waals surface area contributed by atoms with E-state index in [1.807, 2.05) is 0 Å². The monoisotopic (exact) mass is 350 g/mol. The van der Waals surface area contributed by atoms with E-state index < -0.39 is 0 Å². The van der Waals surface area contributed by atoms with Crippen LogP contribution in [0.3, 0.4) is 0 Å². The van der Waals surface area contributed by atoms with Crippen molar-refractivity contribution in [2.24, 2.45) is 0 Å². The molecule has 2 aromatic rings. The van der Waals surface area contributed by atoms with Crippen molar-refractivity contribution >= 4 is 0 Å². The average molecular weight is 351 g/mol. The van der Waals surface area contributed by atoms with Gasteiger partial charge in [0, 0.05) is 37.5 Å². The minimum atomic E-state index is 0.151. The van der Waals surface area contributed by atoms with Gasteiger partial charge in [0.15, 0.2) is 11.7 Å². The molecule has 1 heteroatoms. The van der Waals surface area contributed by atoms with Gasteiger partial charge in [0.2, 0.25) is 5.69 Å². The summed E-state index contributed by atoms with van der Waals surface area (Å²) >= 11 is 0. The first kappa shape index (κ1) is 19.1. The van der Waals surface area contributed by atoms with Crippen LogP contribution in [0, 0.1) is 0 Å². The number of nitrogens with zero attached hydrogens (tertiary/aromatic N) is 1. The highest BCUT2D eigenvalue weighted by Gasteiger charge is 2.45. The van der Waals surface area contributed by atoms with Crippen LogP contribution >= 0.6 is 0 Å². The smallest absolute Gasteiger partial charge is 0.193 e. The minimum Gasteiger partial charge on any atom is -0.193 e. The Labute approximate surface area is 160 Å². The lowest BCUT2D eigenvalue weighted by Gasteiger charge is -2.31. The van der Waals surface area contributed by atoms with Gasteiger partial charge < -0.3 is 0 Å². The van der Waals surface area contributed by atoms with Gasteiger partial charge in [-0.1, -0.05) is 65.2 Å². The summed E-state index contributed by atoms with van der Waals surface area (Å²) in [5.41, 5.74) is 6.13. The summed E-state index contributed by atoms with van der Waals surface area (Å²) in [4.78, 5) is 0. The van der Waals surface area contributed by atoms with Crippen LogP contribution in [0.4, 0.5) is 0 Å². The number of rotatable bonds is 6. The Balaban J connectivity index is 2.08. The standard InChI is InChI=1S/C25H36N/c1-6-8-9-10-13-20-16-17-26-23(18-20)21-14-11-12-15-22(21)24(3,4)19-25(26,5)7-2/h11-12,14-18H,6-10,13,19H2,1-5H3/q+1/t25-/m0/s1. The Morgan fingerprint density at radius 2 is 1.73 bits per heavy atom. The van der Waals surface area contributed by atoms with Crippen LogP contribution in [-0.2, 0) is 17.4 Å². The normalized spacial score (nSPS) is 21.0. The zero-order valence-electron chi connectivity index (χ0n) is 17.4. The molecule has 0 saturated heterocycles. The van der Waals surface area contributed by atoms with Gasteiger partial charge in [-0.05, 0) is 35.4 Å². The highest BCUT2D eigenvalue weighted by atomic mass is 15.1. The molecular weight excluding hydrogens is 314 g/mol. The maximum Gasteiger partial charge on any atom is 0.213 e. The maximum absolute atomic E-state index is 2.57. The number of aromatic nitrogens is 1. The van der Waals surface area contributed by atoms with Crippen LogP contribution in [0.1, 0.15) is 84.3 Å². The summed E-state index contributed by atoms with van der Waals surface area (Å²) in [5, 5.41) is 0. The fourth-order valence-corrected chi connectivity index (χ4v) is 4.86. The average Bonchev–Trinajstić information content (AvgIpc) is 2.71. The zero-order chi connectivity index (χ0) is 18.8. The molecule has 1 atom stereocenters. The third-order valence-electron chi connectivity index (χ3n) is 6.44. The van der Waals surface area contributed by atoms with E-state index in [4.69, 9.17) is 0 Å². The van der Waals surface area contributed by atoms with Gasteiger partial charge in [-0.15, -0.1) is 0 Å². The number of aryl methyl sites for hydroxylation is 1. The fourth-order valence-electron chi connectivity index (χ4n) is 4.86. The molecule has 26 heavy (non-hydrogen) atoms. The predicted octanol–water partition coefficient (Wildman–Crippen LogP) is 6.57. The molecule has 0 unspecified atom stereocenters. The molecule has 2 heterocycles. The van der Waals surface area contributed by atoms with Crippen molar-refractivity contribution in [1.82, 2.24) is 0 Å². The molecule has 0 saturated carbocycles. The van der Waals surface area contributed by atoms with E-state index in [1.54, 1.807) is 0 Å². The van der Waals surface area contributed by atoms with Crippen molar-refractivity contribution in [3.63, 3.8) is 0 Å². The van der Waals surface area contributed by atoms with Crippen molar-refractivity contribution in [3.8, 4) is 11.3 Å². The van der Waals surface area contributed by atoms with Crippen LogP contribution < -0.4 is 4.57 Å². The maximum atomic E-state index is 2.57. The first-order valence-electron chi connectivity index (χ1n) is 10.6. The molecule has 0 fully saturated rings. The van der Waals surface area contributed by atoms with Crippen molar-refractivity contribution in [3.05, 3.63) is 53.7 Å². The first-order valence-corrected chi connectivity index (χ1v) is 10.6. The lowest BCUT2D eigenvalue weighted by Crippen LogP contribution is -2.56. The highest BCUT2D eigenvalue weighted by Crippen LogP contribution is 2.43. The lowest BCUT2D eigenvalue weighted by atomic mass is 9.73. The van der Waals surface area contributed by atoms with E-state index in [2.05, 4.69) is 81.8 Å². The summed E-state index contributed by atoms with van der Waals surface area (Å²) in [6, 6.07) is 13.9. The second-order valence-corrected chi connectivity index (χ2v) is 9.06. The van der Waals surface area contributed by atoms with E-state index in [9.17, 15) is 0 Å². The second kappa shape index (κ2) is 7.55. The van der Waals surface area contributed by atoms with Crippen LogP contribution in [0.2, 0.25) is 0 Å². The summed E-state index contributed by atoms with van der Waals surface area (Å²) in [6.45, 7) is 11.9. The molecule has 1 aliphatic heterocycles. The summed E-state index contributed by atoms with van der Waals surface area (Å²) in [5.74, 6) is 0. The van der Waals surface area contributed by atoms with Gasteiger partial charge in [0.05, 0.1) is 0 Å². The molecule has 0 bridgehead atoms. The molecule has 0 N–H and O–H groups in total. The van der Waals surface area contributed by atoms with E-state index in [1.165, 1.54) is 60.9 Å².